The van der Waals surface area contributed by atoms with Gasteiger partial charge in [-0.05, 0) is 42.4 Å². The molecule has 0 N–H and O–H groups in total. The van der Waals surface area contributed by atoms with Crippen LogP contribution in [0.15, 0.2) is 30.4 Å². The second-order valence-electron chi connectivity index (χ2n) is 5.45. The van der Waals surface area contributed by atoms with Crippen molar-refractivity contribution in [3.63, 3.8) is 0 Å². The Morgan fingerprint density at radius 2 is 1.73 bits per heavy atom. The summed E-state index contributed by atoms with van der Waals surface area (Å²) in [5, 5.41) is 0. The predicted octanol–water partition coefficient (Wildman–Crippen LogP) is 4.45. The minimum atomic E-state index is 0.207. The average Bonchev–Trinajstić information content (AvgIpc) is 2.10. The lowest BCUT2D eigenvalue weighted by atomic mass is 9.83. The van der Waals surface area contributed by atoms with Gasteiger partial charge in [-0.2, -0.15) is 0 Å². The number of hydrogen-bond acceptors (Lipinski definition) is 0. The van der Waals surface area contributed by atoms with E-state index >= 15 is 0 Å². The van der Waals surface area contributed by atoms with E-state index in [0.717, 1.165) is 6.42 Å². The lowest BCUT2D eigenvalue weighted by Crippen LogP contribution is -2.10. The Kier molecular flexibility index (Phi) is 3.38. The maximum atomic E-state index is 4.17. The number of rotatable bonds is 2. The van der Waals surface area contributed by atoms with Gasteiger partial charge in [-0.3, -0.25) is 0 Å². The molecule has 0 amide bonds. The van der Waals surface area contributed by atoms with Crippen LogP contribution in [0, 0.1) is 19.3 Å². The molecule has 0 bridgehead atoms. The van der Waals surface area contributed by atoms with Gasteiger partial charge in [-0.15, -0.1) is 0 Å². The average molecular weight is 202 g/mol. The van der Waals surface area contributed by atoms with Crippen molar-refractivity contribution >= 4 is 0 Å². The molecule has 0 aliphatic rings. The SMILES string of the molecule is C=C(Cc1ccc(C)c(C)c1)C(C)(C)C. The van der Waals surface area contributed by atoms with Crippen molar-refractivity contribution in [2.45, 2.75) is 41.0 Å². The van der Waals surface area contributed by atoms with Gasteiger partial charge < -0.3 is 0 Å². The molecule has 0 unspecified atom stereocenters. The van der Waals surface area contributed by atoms with E-state index in [-0.39, 0.29) is 5.41 Å². The van der Waals surface area contributed by atoms with Gasteiger partial charge in [-0.25, -0.2) is 0 Å². The zero-order chi connectivity index (χ0) is 11.6. The molecule has 0 heterocycles. The summed E-state index contributed by atoms with van der Waals surface area (Å²) in [6.45, 7) is 15.1. The quantitative estimate of drug-likeness (QED) is 0.622. The normalized spacial score (nSPS) is 11.5. The molecular weight excluding hydrogens is 180 g/mol. The Balaban J connectivity index is 2.83. The highest BCUT2D eigenvalue weighted by Gasteiger charge is 2.14. The molecule has 0 aliphatic carbocycles. The van der Waals surface area contributed by atoms with Crippen LogP contribution in [0.2, 0.25) is 0 Å². The van der Waals surface area contributed by atoms with Gasteiger partial charge in [0, 0.05) is 0 Å². The lowest BCUT2D eigenvalue weighted by molar-refractivity contribution is 0.494. The topological polar surface area (TPSA) is 0 Å². The van der Waals surface area contributed by atoms with E-state index in [0.29, 0.717) is 0 Å². The molecule has 82 valence electrons. The first kappa shape index (κ1) is 12.0. The molecule has 0 atom stereocenters. The summed E-state index contributed by atoms with van der Waals surface area (Å²) in [4.78, 5) is 0. The number of benzene rings is 1. The molecule has 0 fully saturated rings. The molecule has 1 aromatic carbocycles. The monoisotopic (exact) mass is 202 g/mol. The van der Waals surface area contributed by atoms with E-state index in [1.54, 1.807) is 0 Å². The Morgan fingerprint density at radius 3 is 2.20 bits per heavy atom. The highest BCUT2D eigenvalue weighted by Crippen LogP contribution is 2.27. The van der Waals surface area contributed by atoms with Crippen molar-refractivity contribution in [3.8, 4) is 0 Å². The molecular formula is C15H22. The van der Waals surface area contributed by atoms with Crippen LogP contribution in [0.1, 0.15) is 37.5 Å². The summed E-state index contributed by atoms with van der Waals surface area (Å²) >= 11 is 0. The molecule has 0 radical (unpaired) electrons. The summed E-state index contributed by atoms with van der Waals surface area (Å²) < 4.78 is 0. The molecule has 0 spiro atoms. The summed E-state index contributed by atoms with van der Waals surface area (Å²) in [7, 11) is 0. The summed E-state index contributed by atoms with van der Waals surface area (Å²) in [6.07, 6.45) is 0.991. The summed E-state index contributed by atoms with van der Waals surface area (Å²) in [5.41, 5.74) is 5.61. The summed E-state index contributed by atoms with van der Waals surface area (Å²) in [5.74, 6) is 0. The Morgan fingerprint density at radius 1 is 1.13 bits per heavy atom. The third-order valence-electron chi connectivity index (χ3n) is 3.05. The van der Waals surface area contributed by atoms with E-state index in [9.17, 15) is 0 Å². The molecule has 0 saturated carbocycles. The van der Waals surface area contributed by atoms with Gasteiger partial charge >= 0.3 is 0 Å². The maximum Gasteiger partial charge on any atom is -0.00645 e. The standard InChI is InChI=1S/C15H22/c1-11-7-8-14(9-12(11)2)10-13(3)15(4,5)6/h7-9H,3,10H2,1-2,4-6H3. The van der Waals surface area contributed by atoms with Crippen LogP contribution in [0.3, 0.4) is 0 Å². The second kappa shape index (κ2) is 4.22. The minimum absolute atomic E-state index is 0.207. The molecule has 0 nitrogen and oxygen atoms in total. The van der Waals surface area contributed by atoms with Crippen molar-refractivity contribution < 1.29 is 0 Å². The Bertz CT molecular complexity index is 364. The summed E-state index contributed by atoms with van der Waals surface area (Å²) in [6, 6.07) is 6.67. The molecule has 15 heavy (non-hydrogen) atoms. The minimum Gasteiger partial charge on any atom is -0.0990 e. The fourth-order valence-corrected chi connectivity index (χ4v) is 1.43. The molecule has 0 saturated heterocycles. The number of allylic oxidation sites excluding steroid dienone is 1. The van der Waals surface area contributed by atoms with Crippen LogP contribution >= 0.6 is 0 Å². The second-order valence-corrected chi connectivity index (χ2v) is 5.45. The molecule has 1 rings (SSSR count). The van der Waals surface area contributed by atoms with Crippen molar-refractivity contribution in [2.75, 3.05) is 0 Å². The first-order valence-electron chi connectivity index (χ1n) is 5.55. The van der Waals surface area contributed by atoms with Crippen LogP contribution in [-0.2, 0) is 6.42 Å². The molecule has 0 aliphatic heterocycles. The van der Waals surface area contributed by atoms with E-state index in [4.69, 9.17) is 0 Å². The van der Waals surface area contributed by atoms with Gasteiger partial charge in [0.15, 0.2) is 0 Å². The highest BCUT2D eigenvalue weighted by atomic mass is 14.2. The Hall–Kier alpha value is -1.04. The van der Waals surface area contributed by atoms with Crippen molar-refractivity contribution in [1.82, 2.24) is 0 Å². The van der Waals surface area contributed by atoms with Gasteiger partial charge in [0.2, 0.25) is 0 Å². The fraction of sp³-hybridized carbons (Fsp3) is 0.467. The number of hydrogen-bond donors (Lipinski definition) is 0. The highest BCUT2D eigenvalue weighted by molar-refractivity contribution is 5.32. The van der Waals surface area contributed by atoms with Crippen LogP contribution < -0.4 is 0 Å². The van der Waals surface area contributed by atoms with Crippen molar-refractivity contribution in [2.24, 2.45) is 5.41 Å². The Labute approximate surface area is 94.0 Å². The first-order chi connectivity index (χ1) is 6.80. The van der Waals surface area contributed by atoms with Gasteiger partial charge in [0.05, 0.1) is 0 Å². The van der Waals surface area contributed by atoms with Crippen LogP contribution in [-0.4, -0.2) is 0 Å². The van der Waals surface area contributed by atoms with Crippen LogP contribution in [0.4, 0.5) is 0 Å². The van der Waals surface area contributed by atoms with Crippen LogP contribution in [0.5, 0.6) is 0 Å². The van der Waals surface area contributed by atoms with Crippen molar-refractivity contribution in [3.05, 3.63) is 47.0 Å². The smallest absolute Gasteiger partial charge is 0.00645 e. The zero-order valence-electron chi connectivity index (χ0n) is 10.6. The third-order valence-corrected chi connectivity index (χ3v) is 3.05. The van der Waals surface area contributed by atoms with Crippen molar-refractivity contribution in [1.29, 1.82) is 0 Å². The fourth-order valence-electron chi connectivity index (χ4n) is 1.43. The van der Waals surface area contributed by atoms with E-state index in [1.165, 1.54) is 22.3 Å². The maximum absolute atomic E-state index is 4.17. The number of aryl methyl sites for hydroxylation is 2. The van der Waals surface area contributed by atoms with Gasteiger partial charge in [-0.1, -0.05) is 51.1 Å². The van der Waals surface area contributed by atoms with E-state index in [2.05, 4.69) is 59.4 Å². The van der Waals surface area contributed by atoms with E-state index in [1.807, 2.05) is 0 Å². The van der Waals surface area contributed by atoms with E-state index < -0.39 is 0 Å². The lowest BCUT2D eigenvalue weighted by Gasteiger charge is -2.22. The zero-order valence-corrected chi connectivity index (χ0v) is 10.6. The molecule has 0 heteroatoms. The van der Waals surface area contributed by atoms with Gasteiger partial charge in [0.25, 0.3) is 0 Å². The molecule has 1 aromatic rings. The molecule has 0 aromatic heterocycles. The van der Waals surface area contributed by atoms with Gasteiger partial charge in [0.1, 0.15) is 0 Å². The third kappa shape index (κ3) is 3.23. The van der Waals surface area contributed by atoms with Crippen LogP contribution in [0.25, 0.3) is 0 Å². The first-order valence-corrected chi connectivity index (χ1v) is 5.55. The predicted molar refractivity (Wildman–Crippen MR) is 68.2 cm³/mol. The largest absolute Gasteiger partial charge is 0.0990 e.